The summed E-state index contributed by atoms with van der Waals surface area (Å²) in [7, 11) is 0. The SMILES string of the molecule is Nc1ccnc2c([C@@H]3O[C@H](CO)C(O)C3O)[nH]nc12. The molecule has 102 valence electrons. The fraction of sp³-hybridized carbons (Fsp3) is 0.455. The number of hydrogen-bond acceptors (Lipinski definition) is 7. The molecule has 1 fully saturated rings. The predicted molar refractivity (Wildman–Crippen MR) is 65.0 cm³/mol. The number of H-pyrrole nitrogens is 1. The average Bonchev–Trinajstić information content (AvgIpc) is 2.94. The van der Waals surface area contributed by atoms with E-state index in [1.54, 1.807) is 6.07 Å². The third-order valence-corrected chi connectivity index (χ3v) is 3.33. The third-order valence-electron chi connectivity index (χ3n) is 3.33. The van der Waals surface area contributed by atoms with Crippen LogP contribution >= 0.6 is 0 Å². The van der Waals surface area contributed by atoms with E-state index >= 15 is 0 Å². The van der Waals surface area contributed by atoms with Gasteiger partial charge in [-0.1, -0.05) is 0 Å². The van der Waals surface area contributed by atoms with Crippen LogP contribution in [-0.2, 0) is 4.74 Å². The number of aromatic amines is 1. The van der Waals surface area contributed by atoms with Crippen molar-refractivity contribution < 1.29 is 20.1 Å². The molecular weight excluding hydrogens is 252 g/mol. The number of ether oxygens (including phenoxy) is 1. The van der Waals surface area contributed by atoms with E-state index in [-0.39, 0.29) is 6.61 Å². The molecule has 0 aromatic carbocycles. The normalized spacial score (nSPS) is 31.1. The first kappa shape index (κ1) is 12.3. The van der Waals surface area contributed by atoms with Crippen molar-refractivity contribution in [2.24, 2.45) is 0 Å². The van der Waals surface area contributed by atoms with E-state index in [0.717, 1.165) is 0 Å². The Bertz CT molecular complexity index is 601. The largest absolute Gasteiger partial charge is 0.397 e. The summed E-state index contributed by atoms with van der Waals surface area (Å²) in [4.78, 5) is 4.15. The molecule has 8 heteroatoms. The average molecular weight is 266 g/mol. The number of hydrogen-bond donors (Lipinski definition) is 5. The van der Waals surface area contributed by atoms with Crippen molar-refractivity contribution in [2.45, 2.75) is 24.4 Å². The number of aliphatic hydroxyl groups is 3. The van der Waals surface area contributed by atoms with Gasteiger partial charge in [0, 0.05) is 6.20 Å². The molecule has 6 N–H and O–H groups in total. The predicted octanol–water partition coefficient (Wildman–Crippen LogP) is -1.31. The van der Waals surface area contributed by atoms with Crippen LogP contribution in [0.5, 0.6) is 0 Å². The summed E-state index contributed by atoms with van der Waals surface area (Å²) in [6.45, 7) is -0.379. The smallest absolute Gasteiger partial charge is 0.134 e. The third kappa shape index (κ3) is 1.77. The van der Waals surface area contributed by atoms with Gasteiger partial charge in [-0.25, -0.2) is 0 Å². The van der Waals surface area contributed by atoms with E-state index < -0.39 is 24.4 Å². The fourth-order valence-corrected chi connectivity index (χ4v) is 2.29. The summed E-state index contributed by atoms with van der Waals surface area (Å²) in [5.41, 5.74) is 7.62. The van der Waals surface area contributed by atoms with Gasteiger partial charge in [0.15, 0.2) is 0 Å². The summed E-state index contributed by atoms with van der Waals surface area (Å²) in [5, 5.41) is 35.5. The van der Waals surface area contributed by atoms with Gasteiger partial charge in [-0.15, -0.1) is 0 Å². The zero-order valence-corrected chi connectivity index (χ0v) is 9.89. The molecule has 0 saturated carbocycles. The van der Waals surface area contributed by atoms with Gasteiger partial charge in [0.05, 0.1) is 18.0 Å². The first-order chi connectivity index (χ1) is 9.13. The standard InChI is InChI=1S/C11H14N4O4/c12-4-1-2-13-7-6(4)14-15-8(7)11-10(18)9(17)5(3-16)19-11/h1-2,5,9-11,16-18H,3H2,(H2,12,13)(H,14,15)/t5-,9?,10?,11+/m1/s1. The highest BCUT2D eigenvalue weighted by Crippen LogP contribution is 2.35. The van der Waals surface area contributed by atoms with Gasteiger partial charge in [-0.05, 0) is 6.07 Å². The molecule has 2 unspecified atom stereocenters. The highest BCUT2D eigenvalue weighted by atomic mass is 16.6. The molecule has 2 aromatic rings. The summed E-state index contributed by atoms with van der Waals surface area (Å²) >= 11 is 0. The number of aliphatic hydroxyl groups excluding tert-OH is 3. The van der Waals surface area contributed by atoms with Crippen molar-refractivity contribution in [2.75, 3.05) is 12.3 Å². The number of nitrogen functional groups attached to an aromatic ring is 1. The maximum atomic E-state index is 9.97. The molecule has 0 amide bonds. The van der Waals surface area contributed by atoms with Crippen LogP contribution in [0.15, 0.2) is 12.3 Å². The molecule has 0 aliphatic carbocycles. The van der Waals surface area contributed by atoms with Crippen molar-refractivity contribution in [3.63, 3.8) is 0 Å². The van der Waals surface area contributed by atoms with Crippen LogP contribution in [0.4, 0.5) is 5.69 Å². The number of fused-ring (bicyclic) bond motifs is 1. The molecule has 0 spiro atoms. The van der Waals surface area contributed by atoms with Gasteiger partial charge in [0.25, 0.3) is 0 Å². The van der Waals surface area contributed by atoms with E-state index in [0.29, 0.717) is 22.4 Å². The summed E-state index contributed by atoms with van der Waals surface area (Å²) in [5.74, 6) is 0. The molecule has 19 heavy (non-hydrogen) atoms. The van der Waals surface area contributed by atoms with Crippen molar-refractivity contribution in [3.05, 3.63) is 18.0 Å². The second kappa shape index (κ2) is 4.42. The van der Waals surface area contributed by atoms with Crippen molar-refractivity contribution in [1.29, 1.82) is 0 Å². The number of nitrogens with one attached hydrogen (secondary N) is 1. The van der Waals surface area contributed by atoms with E-state index in [4.69, 9.17) is 15.6 Å². The topological polar surface area (TPSA) is 138 Å². The quantitative estimate of drug-likeness (QED) is 0.455. The maximum Gasteiger partial charge on any atom is 0.134 e. The second-order valence-electron chi connectivity index (χ2n) is 4.49. The van der Waals surface area contributed by atoms with Crippen molar-refractivity contribution >= 4 is 16.7 Å². The fourth-order valence-electron chi connectivity index (χ4n) is 2.29. The molecule has 0 radical (unpaired) electrons. The van der Waals surface area contributed by atoms with E-state index in [9.17, 15) is 10.2 Å². The first-order valence-electron chi connectivity index (χ1n) is 5.84. The number of aromatic nitrogens is 3. The minimum absolute atomic E-state index is 0.379. The first-order valence-corrected chi connectivity index (χ1v) is 5.84. The van der Waals surface area contributed by atoms with Gasteiger partial charge in [0.2, 0.25) is 0 Å². The van der Waals surface area contributed by atoms with Crippen LogP contribution in [0, 0.1) is 0 Å². The van der Waals surface area contributed by atoms with Crippen LogP contribution in [0.1, 0.15) is 11.8 Å². The van der Waals surface area contributed by atoms with Crippen LogP contribution in [0.2, 0.25) is 0 Å². The number of anilines is 1. The lowest BCUT2D eigenvalue weighted by atomic mass is 10.1. The molecule has 1 saturated heterocycles. The number of pyridine rings is 1. The van der Waals surface area contributed by atoms with Gasteiger partial charge in [-0.3, -0.25) is 10.1 Å². The Morgan fingerprint density at radius 3 is 2.79 bits per heavy atom. The highest BCUT2D eigenvalue weighted by Gasteiger charge is 2.44. The summed E-state index contributed by atoms with van der Waals surface area (Å²) in [6.07, 6.45) is -2.46. The van der Waals surface area contributed by atoms with Crippen molar-refractivity contribution in [1.82, 2.24) is 15.2 Å². The van der Waals surface area contributed by atoms with E-state index in [1.807, 2.05) is 0 Å². The van der Waals surface area contributed by atoms with Crippen molar-refractivity contribution in [3.8, 4) is 0 Å². The lowest BCUT2D eigenvalue weighted by Gasteiger charge is -2.12. The van der Waals surface area contributed by atoms with Gasteiger partial charge in [0.1, 0.15) is 35.4 Å². The van der Waals surface area contributed by atoms with Crippen LogP contribution in [0.25, 0.3) is 11.0 Å². The lowest BCUT2D eigenvalue weighted by Crippen LogP contribution is -2.32. The zero-order valence-electron chi connectivity index (χ0n) is 9.89. The Kier molecular flexibility index (Phi) is 2.86. The molecule has 0 bridgehead atoms. The number of nitrogens with zero attached hydrogens (tertiary/aromatic N) is 2. The molecule has 8 nitrogen and oxygen atoms in total. The van der Waals surface area contributed by atoms with Gasteiger partial charge >= 0.3 is 0 Å². The second-order valence-corrected chi connectivity index (χ2v) is 4.49. The summed E-state index contributed by atoms with van der Waals surface area (Å²) < 4.78 is 5.43. The Morgan fingerprint density at radius 2 is 2.11 bits per heavy atom. The molecule has 3 heterocycles. The number of rotatable bonds is 2. The van der Waals surface area contributed by atoms with Gasteiger partial charge in [-0.2, -0.15) is 5.10 Å². The highest BCUT2D eigenvalue weighted by molar-refractivity contribution is 5.87. The minimum Gasteiger partial charge on any atom is -0.397 e. The molecule has 2 aromatic heterocycles. The monoisotopic (exact) mass is 266 g/mol. The van der Waals surface area contributed by atoms with Crippen LogP contribution in [-0.4, -0.2) is 55.4 Å². The molecule has 4 atom stereocenters. The van der Waals surface area contributed by atoms with Crippen LogP contribution < -0.4 is 5.73 Å². The molecular formula is C11H14N4O4. The summed E-state index contributed by atoms with van der Waals surface area (Å²) in [6, 6.07) is 1.62. The number of nitrogens with two attached hydrogens (primary N) is 1. The Balaban J connectivity index is 2.04. The van der Waals surface area contributed by atoms with Gasteiger partial charge < -0.3 is 25.8 Å². The minimum atomic E-state index is -1.16. The van der Waals surface area contributed by atoms with E-state index in [1.165, 1.54) is 6.20 Å². The molecule has 1 aliphatic heterocycles. The lowest BCUT2D eigenvalue weighted by molar-refractivity contribution is -0.0236. The zero-order chi connectivity index (χ0) is 13.6. The van der Waals surface area contributed by atoms with Crippen LogP contribution in [0.3, 0.4) is 0 Å². The Labute approximate surface area is 107 Å². The maximum absolute atomic E-state index is 9.97. The van der Waals surface area contributed by atoms with E-state index in [2.05, 4.69) is 15.2 Å². The Morgan fingerprint density at radius 1 is 1.32 bits per heavy atom. The molecule has 1 aliphatic rings. The Hall–Kier alpha value is -1.74. The molecule has 3 rings (SSSR count).